The number of benzene rings is 6. The number of nitrogens with zero attached hydrogens (tertiary/aromatic N) is 1. The number of aliphatic hydroxyl groups is 1. The van der Waals surface area contributed by atoms with Gasteiger partial charge in [0.15, 0.2) is 5.60 Å². The quantitative estimate of drug-likeness (QED) is 0.131. The molecular weight excluding hydrogens is 811 g/mol. The van der Waals surface area contributed by atoms with E-state index < -0.39 is 5.60 Å². The van der Waals surface area contributed by atoms with Crippen molar-refractivity contribution >= 4 is 34.3 Å². The van der Waals surface area contributed by atoms with Gasteiger partial charge in [-0.15, -0.1) is 0 Å². The summed E-state index contributed by atoms with van der Waals surface area (Å²) in [5.41, 5.74) is 11.1. The average molecular weight is 872 g/mol. The van der Waals surface area contributed by atoms with Crippen molar-refractivity contribution in [2.75, 3.05) is 44.4 Å². The first-order valence-electron chi connectivity index (χ1n) is 23.8. The maximum absolute atomic E-state index is 9.94. The van der Waals surface area contributed by atoms with Gasteiger partial charge in [0, 0.05) is 51.2 Å². The molecule has 0 amide bonds. The molecule has 4 aliphatic rings. The van der Waals surface area contributed by atoms with Crippen LogP contribution in [0.5, 0.6) is 17.2 Å². The van der Waals surface area contributed by atoms with Crippen LogP contribution in [0.4, 0.5) is 5.69 Å². The lowest BCUT2D eigenvalue weighted by atomic mass is 9.67. The largest absolute Gasteiger partial charge is 0.494 e. The summed E-state index contributed by atoms with van der Waals surface area (Å²) in [4.78, 5) is 4.64. The first-order valence-corrected chi connectivity index (χ1v) is 24.6. The second kappa shape index (κ2) is 18.3. The highest BCUT2D eigenvalue weighted by Gasteiger charge is 2.48. The minimum Gasteiger partial charge on any atom is -0.494 e. The van der Waals surface area contributed by atoms with Crippen molar-refractivity contribution in [3.05, 3.63) is 148 Å². The number of hydrogen-bond donors (Lipinski definition) is 1. The molecule has 330 valence electrons. The molecule has 64 heavy (non-hydrogen) atoms. The minimum absolute atomic E-state index is 0.0236. The Morgan fingerprint density at radius 1 is 0.734 bits per heavy atom. The molecule has 7 heteroatoms. The number of aryl methyl sites for hydroxylation is 1. The zero-order valence-electron chi connectivity index (χ0n) is 37.7. The highest BCUT2D eigenvalue weighted by atomic mass is 32.2. The van der Waals surface area contributed by atoms with Crippen molar-refractivity contribution in [1.29, 1.82) is 0 Å². The highest BCUT2D eigenvalue weighted by molar-refractivity contribution is 7.99. The summed E-state index contributed by atoms with van der Waals surface area (Å²) in [5.74, 6) is 2.63. The third-order valence-electron chi connectivity index (χ3n) is 14.0. The number of rotatable bonds is 12. The van der Waals surface area contributed by atoms with E-state index in [1.54, 1.807) is 11.8 Å². The second-order valence-electron chi connectivity index (χ2n) is 18.1. The molecule has 0 bridgehead atoms. The molecule has 1 saturated heterocycles. The molecule has 6 aromatic rings. The van der Waals surface area contributed by atoms with Crippen molar-refractivity contribution in [1.82, 2.24) is 0 Å². The molecule has 0 radical (unpaired) electrons. The lowest BCUT2D eigenvalue weighted by Gasteiger charge is -2.40. The van der Waals surface area contributed by atoms with Crippen LogP contribution in [0.15, 0.2) is 119 Å². The summed E-state index contributed by atoms with van der Waals surface area (Å²) in [6, 6.07) is 37.8. The Labute approximate surface area is 383 Å². The Hall–Kier alpha value is -5.21. The predicted molar refractivity (Wildman–Crippen MR) is 262 cm³/mol. The van der Waals surface area contributed by atoms with E-state index in [0.717, 1.165) is 107 Å². The standard InChI is InChI=1S/C57H61NO5S/c1-4-31-61-44-22-18-42(19-23-44)57(41-16-20-43(21-17-41)58-29-33-60-34-30-58)28-25-46-54-53(45-13-9-10-14-49(45)56(54)26-11-7-6-8-12-27-56)47-37-52(64-51-24-15-40(38-59)35-39(51)3)50(62-32-5-2)36-48(47)55(46)63-57/h9-10,13-25,28,35-37,59H,4-8,11-12,26-27,29-34,38H2,1-3H3. The van der Waals surface area contributed by atoms with Crippen LogP contribution in [0.2, 0.25) is 0 Å². The first kappa shape index (κ1) is 42.7. The maximum Gasteiger partial charge on any atom is 0.178 e. The number of aliphatic hydroxyl groups excluding tert-OH is 1. The Balaban J connectivity index is 1.23. The van der Waals surface area contributed by atoms with Gasteiger partial charge in [-0.05, 0) is 120 Å². The minimum atomic E-state index is -0.927. The van der Waals surface area contributed by atoms with Gasteiger partial charge >= 0.3 is 0 Å². The molecule has 2 fully saturated rings. The Morgan fingerprint density at radius 3 is 2.16 bits per heavy atom. The molecule has 1 spiro atoms. The van der Waals surface area contributed by atoms with E-state index >= 15 is 0 Å². The van der Waals surface area contributed by atoms with Gasteiger partial charge in [-0.3, -0.25) is 0 Å². The summed E-state index contributed by atoms with van der Waals surface area (Å²) in [5, 5.41) is 12.2. The van der Waals surface area contributed by atoms with Crippen LogP contribution in [-0.4, -0.2) is 44.6 Å². The second-order valence-corrected chi connectivity index (χ2v) is 19.2. The van der Waals surface area contributed by atoms with E-state index in [0.29, 0.717) is 13.2 Å². The first-order chi connectivity index (χ1) is 31.5. The molecular formula is C57H61NO5S. The van der Waals surface area contributed by atoms with Gasteiger partial charge in [-0.1, -0.05) is 124 Å². The van der Waals surface area contributed by atoms with E-state index in [1.807, 2.05) is 6.07 Å². The Bertz CT molecular complexity index is 2660. The van der Waals surface area contributed by atoms with Crippen molar-refractivity contribution in [3.63, 3.8) is 0 Å². The Kier molecular flexibility index (Phi) is 12.2. The van der Waals surface area contributed by atoms with Crippen molar-refractivity contribution < 1.29 is 24.1 Å². The fraction of sp³-hybridized carbons (Fsp3) is 0.368. The third-order valence-corrected chi connectivity index (χ3v) is 15.3. The molecule has 2 aliphatic carbocycles. The lowest BCUT2D eigenvalue weighted by Crippen LogP contribution is -2.37. The highest BCUT2D eigenvalue weighted by Crippen LogP contribution is 2.62. The number of anilines is 1. The van der Waals surface area contributed by atoms with Gasteiger partial charge < -0.3 is 29.0 Å². The smallest absolute Gasteiger partial charge is 0.178 e. The monoisotopic (exact) mass is 871 g/mol. The van der Waals surface area contributed by atoms with Crippen LogP contribution in [0.25, 0.3) is 28.0 Å². The molecule has 6 aromatic carbocycles. The van der Waals surface area contributed by atoms with Gasteiger partial charge in [0.1, 0.15) is 17.2 Å². The van der Waals surface area contributed by atoms with E-state index in [9.17, 15) is 5.11 Å². The molecule has 0 aromatic heterocycles. The summed E-state index contributed by atoms with van der Waals surface area (Å²) in [7, 11) is 0. The summed E-state index contributed by atoms with van der Waals surface area (Å²) in [6.07, 6.45) is 15.1. The van der Waals surface area contributed by atoms with Crippen LogP contribution in [0, 0.1) is 6.92 Å². The van der Waals surface area contributed by atoms with Crippen molar-refractivity contribution in [3.8, 4) is 28.4 Å². The third kappa shape index (κ3) is 7.67. The zero-order valence-corrected chi connectivity index (χ0v) is 38.5. The SMILES string of the molecule is CCCOc1ccc(C2(c3ccc(N4CCOCC4)cc3)C=Cc3c4c(c5cc(Sc6ccc(CO)cc6C)c(OCCC)cc5c3O2)-c2ccccc2C42CCCCCCC2)cc1. The van der Waals surface area contributed by atoms with Gasteiger partial charge in [0.2, 0.25) is 0 Å². The van der Waals surface area contributed by atoms with Crippen LogP contribution < -0.4 is 19.1 Å². The number of morpholine rings is 1. The molecule has 2 aliphatic heterocycles. The summed E-state index contributed by atoms with van der Waals surface area (Å²) < 4.78 is 26.5. The fourth-order valence-corrected chi connectivity index (χ4v) is 11.9. The normalized spacial score (nSPS) is 18.8. The molecule has 6 nitrogen and oxygen atoms in total. The van der Waals surface area contributed by atoms with E-state index in [1.165, 1.54) is 71.0 Å². The maximum atomic E-state index is 9.94. The summed E-state index contributed by atoms with van der Waals surface area (Å²) >= 11 is 1.75. The molecule has 1 saturated carbocycles. The number of hydrogen-bond acceptors (Lipinski definition) is 7. The van der Waals surface area contributed by atoms with Crippen LogP contribution >= 0.6 is 11.8 Å². The lowest BCUT2D eigenvalue weighted by molar-refractivity contribution is 0.122. The van der Waals surface area contributed by atoms with Crippen molar-refractivity contribution in [2.45, 2.75) is 106 Å². The van der Waals surface area contributed by atoms with Crippen LogP contribution in [0.1, 0.15) is 111 Å². The topological polar surface area (TPSA) is 60.4 Å². The molecule has 1 unspecified atom stereocenters. The van der Waals surface area contributed by atoms with Gasteiger partial charge in [0.05, 0.1) is 37.9 Å². The Morgan fingerprint density at radius 2 is 1.44 bits per heavy atom. The van der Waals surface area contributed by atoms with Gasteiger partial charge in [0.25, 0.3) is 0 Å². The zero-order chi connectivity index (χ0) is 43.7. The van der Waals surface area contributed by atoms with E-state index in [2.05, 4.69) is 135 Å². The summed E-state index contributed by atoms with van der Waals surface area (Å²) in [6.45, 7) is 11.0. The predicted octanol–water partition coefficient (Wildman–Crippen LogP) is 13.6. The van der Waals surface area contributed by atoms with Gasteiger partial charge in [-0.25, -0.2) is 0 Å². The van der Waals surface area contributed by atoms with Crippen LogP contribution in [-0.2, 0) is 22.4 Å². The number of ether oxygens (including phenoxy) is 4. The van der Waals surface area contributed by atoms with Crippen LogP contribution in [0.3, 0.4) is 0 Å². The van der Waals surface area contributed by atoms with E-state index in [4.69, 9.17) is 18.9 Å². The van der Waals surface area contributed by atoms with E-state index in [-0.39, 0.29) is 12.0 Å². The molecule has 10 rings (SSSR count). The molecule has 1 atom stereocenters. The molecule has 2 heterocycles. The fourth-order valence-electron chi connectivity index (χ4n) is 10.9. The average Bonchev–Trinajstić information content (AvgIpc) is 3.62. The van der Waals surface area contributed by atoms with Gasteiger partial charge in [-0.2, -0.15) is 0 Å². The van der Waals surface area contributed by atoms with Crippen molar-refractivity contribution in [2.24, 2.45) is 0 Å². The molecule has 1 N–H and O–H groups in total. The number of fused-ring (bicyclic) bond motifs is 10.